The van der Waals surface area contributed by atoms with Crippen LogP contribution in [-0.4, -0.2) is 10.8 Å². The molecule has 4 rings (SSSR count). The Balaban J connectivity index is 1.59. The van der Waals surface area contributed by atoms with Crippen molar-refractivity contribution < 1.29 is 4.79 Å². The summed E-state index contributed by atoms with van der Waals surface area (Å²) in [6.07, 6.45) is 8.09. The molecule has 3 unspecified atom stereocenters. The standard InChI is InChI=1S/C18H21NO/c1-11-2-5-17-15(6-11)16(10-19-17)18(20)9-14-8-12-3-4-13(14)7-12/h2,5-6,10,12-14,19H,3-4,7-9H2,1H3. The fourth-order valence-electron chi connectivity index (χ4n) is 4.44. The van der Waals surface area contributed by atoms with E-state index in [4.69, 9.17) is 0 Å². The van der Waals surface area contributed by atoms with Gasteiger partial charge in [0.05, 0.1) is 0 Å². The van der Waals surface area contributed by atoms with Crippen molar-refractivity contribution in [2.45, 2.75) is 39.0 Å². The summed E-state index contributed by atoms with van der Waals surface area (Å²) in [7, 11) is 0. The predicted molar refractivity (Wildman–Crippen MR) is 80.9 cm³/mol. The average Bonchev–Trinajstić information content (AvgIpc) is 3.11. The minimum absolute atomic E-state index is 0.333. The minimum Gasteiger partial charge on any atom is -0.360 e. The zero-order chi connectivity index (χ0) is 13.7. The number of Topliss-reactive ketones (excluding diaryl/α,β-unsaturated/α-hetero) is 1. The third kappa shape index (κ3) is 1.90. The van der Waals surface area contributed by atoms with Crippen molar-refractivity contribution in [2.75, 3.05) is 0 Å². The van der Waals surface area contributed by atoms with Crippen LogP contribution in [-0.2, 0) is 0 Å². The summed E-state index contributed by atoms with van der Waals surface area (Å²) in [5, 5.41) is 1.10. The SMILES string of the molecule is Cc1ccc2[nH]cc(C(=O)CC3CC4CCC3C4)c2c1. The fraction of sp³-hybridized carbons (Fsp3) is 0.500. The van der Waals surface area contributed by atoms with Crippen molar-refractivity contribution in [2.24, 2.45) is 17.8 Å². The third-order valence-corrected chi connectivity index (χ3v) is 5.47. The van der Waals surface area contributed by atoms with Crippen LogP contribution in [0, 0.1) is 24.7 Å². The number of ketones is 1. The molecule has 0 saturated heterocycles. The van der Waals surface area contributed by atoms with E-state index in [1.807, 2.05) is 6.20 Å². The van der Waals surface area contributed by atoms with Crippen LogP contribution < -0.4 is 0 Å². The number of carbonyl (C=O) groups is 1. The predicted octanol–water partition coefficient (Wildman–Crippen LogP) is 4.49. The van der Waals surface area contributed by atoms with Crippen molar-refractivity contribution in [3.8, 4) is 0 Å². The maximum Gasteiger partial charge on any atom is 0.165 e. The average molecular weight is 267 g/mol. The molecular formula is C18H21NO. The Morgan fingerprint density at radius 2 is 2.20 bits per heavy atom. The highest BCUT2D eigenvalue weighted by atomic mass is 16.1. The molecule has 0 aliphatic heterocycles. The number of aryl methyl sites for hydroxylation is 1. The van der Waals surface area contributed by atoms with Gasteiger partial charge in [0.2, 0.25) is 0 Å². The molecule has 2 aromatic rings. The number of H-pyrrole nitrogens is 1. The first kappa shape index (κ1) is 12.2. The lowest BCUT2D eigenvalue weighted by Crippen LogP contribution is -2.15. The second-order valence-corrected chi connectivity index (χ2v) is 6.81. The Bertz CT molecular complexity index is 669. The summed E-state index contributed by atoms with van der Waals surface area (Å²) in [6, 6.07) is 6.28. The molecule has 2 aliphatic rings. The van der Waals surface area contributed by atoms with E-state index in [1.54, 1.807) is 0 Å². The van der Waals surface area contributed by atoms with Crippen LogP contribution in [0.15, 0.2) is 24.4 Å². The minimum atomic E-state index is 0.333. The second kappa shape index (κ2) is 4.47. The van der Waals surface area contributed by atoms with Crippen molar-refractivity contribution in [3.05, 3.63) is 35.5 Å². The zero-order valence-corrected chi connectivity index (χ0v) is 12.0. The number of hydrogen-bond acceptors (Lipinski definition) is 1. The van der Waals surface area contributed by atoms with Crippen molar-refractivity contribution in [1.29, 1.82) is 0 Å². The molecule has 2 bridgehead atoms. The van der Waals surface area contributed by atoms with Crippen LogP contribution in [0.25, 0.3) is 10.9 Å². The number of aromatic amines is 1. The van der Waals surface area contributed by atoms with Crippen LogP contribution in [0.2, 0.25) is 0 Å². The molecule has 0 amide bonds. The lowest BCUT2D eigenvalue weighted by Gasteiger charge is -2.20. The molecule has 3 atom stereocenters. The van der Waals surface area contributed by atoms with E-state index in [-0.39, 0.29) is 0 Å². The summed E-state index contributed by atoms with van der Waals surface area (Å²) >= 11 is 0. The Hall–Kier alpha value is -1.57. The Kier molecular flexibility index (Phi) is 2.73. The maximum absolute atomic E-state index is 12.6. The number of benzene rings is 1. The van der Waals surface area contributed by atoms with Crippen LogP contribution in [0.4, 0.5) is 0 Å². The number of rotatable bonds is 3. The topological polar surface area (TPSA) is 32.9 Å². The molecular weight excluding hydrogens is 246 g/mol. The zero-order valence-electron chi connectivity index (χ0n) is 12.0. The van der Waals surface area contributed by atoms with Crippen LogP contribution in [0.1, 0.15) is 48.0 Å². The maximum atomic E-state index is 12.6. The first-order chi connectivity index (χ1) is 9.70. The monoisotopic (exact) mass is 267 g/mol. The first-order valence-electron chi connectivity index (χ1n) is 7.81. The van der Waals surface area contributed by atoms with Crippen molar-refractivity contribution in [3.63, 3.8) is 0 Å². The molecule has 1 aromatic heterocycles. The smallest absolute Gasteiger partial charge is 0.165 e. The van der Waals surface area contributed by atoms with Crippen LogP contribution >= 0.6 is 0 Å². The van der Waals surface area contributed by atoms with Crippen molar-refractivity contribution >= 4 is 16.7 Å². The summed E-state index contributed by atoms with van der Waals surface area (Å²) in [5.74, 6) is 2.73. The van der Waals surface area contributed by atoms with Crippen LogP contribution in [0.5, 0.6) is 0 Å². The second-order valence-electron chi connectivity index (χ2n) is 6.81. The molecule has 2 saturated carbocycles. The van der Waals surface area contributed by atoms with Gasteiger partial charge in [0.15, 0.2) is 5.78 Å². The van der Waals surface area contributed by atoms with Gasteiger partial charge in [-0.05, 0) is 56.1 Å². The number of fused-ring (bicyclic) bond motifs is 3. The number of aromatic nitrogens is 1. The number of carbonyl (C=O) groups excluding carboxylic acids is 1. The Labute approximate surface area is 119 Å². The van der Waals surface area contributed by atoms with Gasteiger partial charge in [-0.3, -0.25) is 4.79 Å². The molecule has 1 N–H and O–H groups in total. The van der Waals surface area contributed by atoms with E-state index in [1.165, 1.54) is 31.2 Å². The van der Waals surface area contributed by atoms with E-state index >= 15 is 0 Å². The molecule has 20 heavy (non-hydrogen) atoms. The number of hydrogen-bond donors (Lipinski definition) is 1. The van der Waals surface area contributed by atoms with Gasteiger partial charge in [0.1, 0.15) is 0 Å². The first-order valence-corrected chi connectivity index (χ1v) is 7.81. The van der Waals surface area contributed by atoms with Gasteiger partial charge in [-0.25, -0.2) is 0 Å². The Morgan fingerprint density at radius 1 is 1.30 bits per heavy atom. The molecule has 2 heteroatoms. The van der Waals surface area contributed by atoms with E-state index in [0.717, 1.165) is 34.7 Å². The summed E-state index contributed by atoms with van der Waals surface area (Å²) < 4.78 is 0. The molecule has 0 spiro atoms. The lowest BCUT2D eigenvalue weighted by atomic mass is 9.84. The number of nitrogens with one attached hydrogen (secondary N) is 1. The highest BCUT2D eigenvalue weighted by Gasteiger charge is 2.40. The van der Waals surface area contributed by atoms with E-state index in [2.05, 4.69) is 30.1 Å². The van der Waals surface area contributed by atoms with Crippen LogP contribution in [0.3, 0.4) is 0 Å². The molecule has 0 radical (unpaired) electrons. The van der Waals surface area contributed by atoms with E-state index in [0.29, 0.717) is 11.7 Å². The summed E-state index contributed by atoms with van der Waals surface area (Å²) in [6.45, 7) is 2.08. The van der Waals surface area contributed by atoms with Gasteiger partial charge in [-0.15, -0.1) is 0 Å². The van der Waals surface area contributed by atoms with Gasteiger partial charge in [-0.2, -0.15) is 0 Å². The molecule has 2 fully saturated rings. The normalized spacial score (nSPS) is 28.4. The van der Waals surface area contributed by atoms with Gasteiger partial charge in [0.25, 0.3) is 0 Å². The van der Waals surface area contributed by atoms with E-state index in [9.17, 15) is 4.79 Å². The Morgan fingerprint density at radius 3 is 2.95 bits per heavy atom. The van der Waals surface area contributed by atoms with Gasteiger partial charge in [-0.1, -0.05) is 18.1 Å². The molecule has 2 aliphatic carbocycles. The highest BCUT2D eigenvalue weighted by Crippen LogP contribution is 2.49. The fourth-order valence-corrected chi connectivity index (χ4v) is 4.44. The summed E-state index contributed by atoms with van der Waals surface area (Å²) in [5.41, 5.74) is 3.18. The van der Waals surface area contributed by atoms with Gasteiger partial charge < -0.3 is 4.98 Å². The van der Waals surface area contributed by atoms with Crippen molar-refractivity contribution in [1.82, 2.24) is 4.98 Å². The molecule has 1 aromatic carbocycles. The third-order valence-electron chi connectivity index (χ3n) is 5.47. The molecule has 1 heterocycles. The summed E-state index contributed by atoms with van der Waals surface area (Å²) in [4.78, 5) is 15.9. The molecule has 2 nitrogen and oxygen atoms in total. The van der Waals surface area contributed by atoms with Gasteiger partial charge >= 0.3 is 0 Å². The van der Waals surface area contributed by atoms with E-state index < -0.39 is 0 Å². The molecule has 104 valence electrons. The quantitative estimate of drug-likeness (QED) is 0.817. The largest absolute Gasteiger partial charge is 0.360 e. The lowest BCUT2D eigenvalue weighted by molar-refractivity contribution is 0.0946. The highest BCUT2D eigenvalue weighted by molar-refractivity contribution is 6.08. The van der Waals surface area contributed by atoms with Gasteiger partial charge in [0, 0.05) is 29.1 Å².